The predicted octanol–water partition coefficient (Wildman–Crippen LogP) is 1.08. The largest absolute Gasteiger partial charge is 0.325 e. The van der Waals surface area contributed by atoms with E-state index in [2.05, 4.69) is 10.0 Å². The minimum Gasteiger partial charge on any atom is -0.325 e. The summed E-state index contributed by atoms with van der Waals surface area (Å²) in [5, 5.41) is 2.67. The lowest BCUT2D eigenvalue weighted by atomic mass is 10.2. The first-order chi connectivity index (χ1) is 9.31. The van der Waals surface area contributed by atoms with Gasteiger partial charge in [-0.25, -0.2) is 8.42 Å². The van der Waals surface area contributed by atoms with Gasteiger partial charge in [0.1, 0.15) is 0 Å². The summed E-state index contributed by atoms with van der Waals surface area (Å²) in [4.78, 5) is 11.8. The number of hydrogen-bond donors (Lipinski definition) is 3. The van der Waals surface area contributed by atoms with Crippen molar-refractivity contribution in [1.82, 2.24) is 0 Å². The van der Waals surface area contributed by atoms with Crippen molar-refractivity contribution in [2.24, 2.45) is 5.73 Å². The number of sulfonamides is 1. The second-order valence-corrected chi connectivity index (χ2v) is 7.07. The summed E-state index contributed by atoms with van der Waals surface area (Å²) in [7, 11) is -3.34. The first-order valence-electron chi connectivity index (χ1n) is 5.95. The molecule has 0 heterocycles. The number of hydrogen-bond acceptors (Lipinski definition) is 5. The van der Waals surface area contributed by atoms with Crippen LogP contribution in [0.5, 0.6) is 0 Å². The van der Waals surface area contributed by atoms with Gasteiger partial charge in [-0.1, -0.05) is 6.07 Å². The van der Waals surface area contributed by atoms with Gasteiger partial charge in [0.15, 0.2) is 0 Å². The van der Waals surface area contributed by atoms with E-state index in [1.807, 2.05) is 6.26 Å². The Morgan fingerprint density at radius 1 is 1.40 bits per heavy atom. The molecule has 1 aromatic rings. The van der Waals surface area contributed by atoms with Gasteiger partial charge in [-0.15, -0.1) is 0 Å². The quantitative estimate of drug-likeness (QED) is 0.698. The molecule has 4 N–H and O–H groups in total. The molecule has 0 spiro atoms. The molecule has 0 unspecified atom stereocenters. The molecule has 8 heteroatoms. The average molecular weight is 317 g/mol. The summed E-state index contributed by atoms with van der Waals surface area (Å²) in [6, 6.07) is 5.89. The Kier molecular flexibility index (Phi) is 6.31. The number of carbonyl (C=O) groups is 1. The van der Waals surface area contributed by atoms with E-state index in [-0.39, 0.29) is 5.91 Å². The maximum atomic E-state index is 11.8. The summed E-state index contributed by atoms with van der Waals surface area (Å²) < 4.78 is 24.6. The fourth-order valence-electron chi connectivity index (χ4n) is 1.49. The van der Waals surface area contributed by atoms with Crippen molar-refractivity contribution in [3.05, 3.63) is 24.3 Å². The summed E-state index contributed by atoms with van der Waals surface area (Å²) in [6.07, 6.45) is 3.61. The first kappa shape index (κ1) is 16.8. The Morgan fingerprint density at radius 3 is 2.65 bits per heavy atom. The maximum absolute atomic E-state index is 11.8. The Labute approximate surface area is 123 Å². The minimum absolute atomic E-state index is 0.282. The van der Waals surface area contributed by atoms with Crippen LogP contribution in [-0.4, -0.2) is 38.6 Å². The van der Waals surface area contributed by atoms with Gasteiger partial charge in [-0.3, -0.25) is 9.52 Å². The minimum atomic E-state index is -3.34. The number of amides is 1. The summed E-state index contributed by atoms with van der Waals surface area (Å²) in [5.41, 5.74) is 6.65. The highest BCUT2D eigenvalue weighted by molar-refractivity contribution is 7.98. The SMILES string of the molecule is CSCC[C@H](N)C(=O)Nc1cccc(NS(C)(=O)=O)c1. The van der Waals surface area contributed by atoms with Gasteiger partial charge < -0.3 is 11.1 Å². The number of anilines is 2. The Morgan fingerprint density at radius 2 is 2.05 bits per heavy atom. The molecule has 6 nitrogen and oxygen atoms in total. The van der Waals surface area contributed by atoms with Gasteiger partial charge in [-0.2, -0.15) is 11.8 Å². The van der Waals surface area contributed by atoms with Crippen LogP contribution in [0.4, 0.5) is 11.4 Å². The van der Waals surface area contributed by atoms with Crippen LogP contribution in [0.3, 0.4) is 0 Å². The monoisotopic (exact) mass is 317 g/mol. The first-order valence-corrected chi connectivity index (χ1v) is 9.23. The number of benzene rings is 1. The van der Waals surface area contributed by atoms with Crippen LogP contribution in [0, 0.1) is 0 Å². The third-order valence-corrected chi connectivity index (χ3v) is 3.65. The molecule has 1 aromatic carbocycles. The van der Waals surface area contributed by atoms with E-state index in [4.69, 9.17) is 5.73 Å². The molecule has 0 fully saturated rings. The van der Waals surface area contributed by atoms with Crippen LogP contribution in [0.15, 0.2) is 24.3 Å². The van der Waals surface area contributed by atoms with Crippen LogP contribution in [0.25, 0.3) is 0 Å². The lowest BCUT2D eigenvalue weighted by Gasteiger charge is -2.12. The fraction of sp³-hybridized carbons (Fsp3) is 0.417. The molecule has 112 valence electrons. The molecule has 0 aliphatic heterocycles. The number of thioether (sulfide) groups is 1. The highest BCUT2D eigenvalue weighted by Gasteiger charge is 2.13. The zero-order valence-corrected chi connectivity index (χ0v) is 13.1. The van der Waals surface area contributed by atoms with Crippen molar-refractivity contribution >= 4 is 39.1 Å². The van der Waals surface area contributed by atoms with Crippen LogP contribution in [0.2, 0.25) is 0 Å². The van der Waals surface area contributed by atoms with E-state index in [1.165, 1.54) is 0 Å². The van der Waals surface area contributed by atoms with Crippen molar-refractivity contribution in [2.45, 2.75) is 12.5 Å². The topological polar surface area (TPSA) is 101 Å². The Bertz CT molecular complexity index is 561. The highest BCUT2D eigenvalue weighted by atomic mass is 32.2. The normalized spacial score (nSPS) is 12.8. The molecule has 0 aliphatic carbocycles. The molecule has 1 amide bonds. The van der Waals surface area contributed by atoms with Gasteiger partial charge in [0.05, 0.1) is 18.0 Å². The van der Waals surface area contributed by atoms with Gasteiger partial charge in [0, 0.05) is 5.69 Å². The van der Waals surface area contributed by atoms with E-state index in [9.17, 15) is 13.2 Å². The summed E-state index contributed by atoms with van der Waals surface area (Å²) in [5.74, 6) is 0.528. The number of carbonyl (C=O) groups excluding carboxylic acids is 1. The third-order valence-electron chi connectivity index (χ3n) is 2.40. The molecule has 0 saturated carbocycles. The molecule has 20 heavy (non-hydrogen) atoms. The van der Waals surface area contributed by atoms with Crippen LogP contribution in [0.1, 0.15) is 6.42 Å². The summed E-state index contributed by atoms with van der Waals surface area (Å²) in [6.45, 7) is 0. The number of nitrogens with one attached hydrogen (secondary N) is 2. The van der Waals surface area contributed by atoms with Gasteiger partial charge in [-0.05, 0) is 36.6 Å². The average Bonchev–Trinajstić information content (AvgIpc) is 2.34. The predicted molar refractivity (Wildman–Crippen MR) is 84.5 cm³/mol. The van der Waals surface area contributed by atoms with Gasteiger partial charge >= 0.3 is 0 Å². The number of rotatable bonds is 7. The molecule has 0 saturated heterocycles. The van der Waals surface area contributed by atoms with Crippen LogP contribution < -0.4 is 15.8 Å². The second-order valence-electron chi connectivity index (χ2n) is 4.33. The molecule has 0 aliphatic rings. The van der Waals surface area contributed by atoms with Crippen molar-refractivity contribution in [1.29, 1.82) is 0 Å². The van der Waals surface area contributed by atoms with Crippen molar-refractivity contribution in [3.63, 3.8) is 0 Å². The van der Waals surface area contributed by atoms with Crippen LogP contribution >= 0.6 is 11.8 Å². The summed E-state index contributed by atoms with van der Waals surface area (Å²) >= 11 is 1.63. The highest BCUT2D eigenvalue weighted by Crippen LogP contribution is 2.16. The van der Waals surface area contributed by atoms with Crippen molar-refractivity contribution in [2.75, 3.05) is 28.3 Å². The smallest absolute Gasteiger partial charge is 0.241 e. The van der Waals surface area contributed by atoms with E-state index < -0.39 is 16.1 Å². The molecule has 1 rings (SSSR count). The Hall–Kier alpha value is -1.25. The van der Waals surface area contributed by atoms with Crippen molar-refractivity contribution in [3.8, 4) is 0 Å². The lowest BCUT2D eigenvalue weighted by molar-refractivity contribution is -0.117. The van der Waals surface area contributed by atoms with E-state index >= 15 is 0 Å². The van der Waals surface area contributed by atoms with E-state index in [0.717, 1.165) is 12.0 Å². The Balaban J connectivity index is 2.68. The fourth-order valence-corrected chi connectivity index (χ4v) is 2.53. The lowest BCUT2D eigenvalue weighted by Crippen LogP contribution is -2.36. The molecule has 0 aromatic heterocycles. The van der Waals surface area contributed by atoms with Gasteiger partial charge in [0.25, 0.3) is 0 Å². The number of nitrogens with two attached hydrogens (primary N) is 1. The molecular weight excluding hydrogens is 298 g/mol. The third kappa shape index (κ3) is 6.27. The zero-order chi connectivity index (χ0) is 15.2. The van der Waals surface area contributed by atoms with Gasteiger partial charge in [0.2, 0.25) is 15.9 Å². The van der Waals surface area contributed by atoms with Crippen molar-refractivity contribution < 1.29 is 13.2 Å². The standard InChI is InChI=1S/C12H19N3O3S2/c1-19-7-6-11(13)12(16)14-9-4-3-5-10(8-9)15-20(2,17)18/h3-5,8,11,15H,6-7,13H2,1-2H3,(H,14,16)/t11-/m0/s1. The molecule has 0 radical (unpaired) electrons. The van der Waals surface area contributed by atoms with Crippen LogP contribution in [-0.2, 0) is 14.8 Å². The van der Waals surface area contributed by atoms with E-state index in [1.54, 1.807) is 36.0 Å². The van der Waals surface area contributed by atoms with E-state index in [0.29, 0.717) is 17.8 Å². The zero-order valence-electron chi connectivity index (χ0n) is 11.4. The molecular formula is C12H19N3O3S2. The maximum Gasteiger partial charge on any atom is 0.241 e. The molecule has 0 bridgehead atoms. The second kappa shape index (κ2) is 7.51. The molecule has 1 atom stereocenters.